The van der Waals surface area contributed by atoms with E-state index in [1.165, 1.54) is 18.2 Å². The number of hydrogen-bond acceptors (Lipinski definition) is 5. The van der Waals surface area contributed by atoms with E-state index in [9.17, 15) is 14.9 Å². The molecule has 18 heavy (non-hydrogen) atoms. The van der Waals surface area contributed by atoms with Gasteiger partial charge in [-0.25, -0.2) is 0 Å². The van der Waals surface area contributed by atoms with Crippen LogP contribution in [-0.4, -0.2) is 29.1 Å². The van der Waals surface area contributed by atoms with Gasteiger partial charge in [0.25, 0.3) is 5.91 Å². The normalized spacial score (nSPS) is 9.89. The van der Waals surface area contributed by atoms with Crippen LogP contribution < -0.4 is 10.1 Å². The maximum atomic E-state index is 11.2. The first-order valence-electron chi connectivity index (χ1n) is 5.36. The highest BCUT2D eigenvalue weighted by molar-refractivity contribution is 5.77. The van der Waals surface area contributed by atoms with Crippen molar-refractivity contribution in [3.05, 3.63) is 33.9 Å². The molecular weight excluding hydrogens is 240 g/mol. The van der Waals surface area contributed by atoms with Crippen molar-refractivity contribution in [2.75, 3.05) is 13.2 Å². The van der Waals surface area contributed by atoms with E-state index in [-0.39, 0.29) is 30.6 Å². The zero-order valence-electron chi connectivity index (χ0n) is 9.88. The van der Waals surface area contributed by atoms with Crippen LogP contribution in [0.25, 0.3) is 0 Å². The number of aliphatic hydroxyl groups excluding tert-OH is 1. The van der Waals surface area contributed by atoms with Crippen LogP contribution in [0.5, 0.6) is 5.75 Å². The van der Waals surface area contributed by atoms with Crippen molar-refractivity contribution in [2.45, 2.75) is 13.5 Å². The van der Waals surface area contributed by atoms with Crippen LogP contribution in [0, 0.1) is 10.1 Å². The topological polar surface area (TPSA) is 102 Å². The number of carbonyl (C=O) groups excluding carboxylic acids is 1. The molecule has 7 heteroatoms. The van der Waals surface area contributed by atoms with Gasteiger partial charge in [-0.2, -0.15) is 0 Å². The molecule has 1 aromatic carbocycles. The summed E-state index contributed by atoms with van der Waals surface area (Å²) in [6.45, 7) is 1.65. The zero-order valence-corrected chi connectivity index (χ0v) is 9.88. The number of hydrogen-bond donors (Lipinski definition) is 2. The second kappa shape index (κ2) is 6.55. The third-order valence-electron chi connectivity index (χ3n) is 2.14. The summed E-state index contributed by atoms with van der Waals surface area (Å²) in [5.41, 5.74) is 0.137. The fourth-order valence-corrected chi connectivity index (χ4v) is 1.32. The number of nitro groups is 1. The molecule has 98 valence electrons. The van der Waals surface area contributed by atoms with Gasteiger partial charge in [-0.1, -0.05) is 6.07 Å². The Kier molecular flexibility index (Phi) is 5.06. The molecule has 1 amide bonds. The van der Waals surface area contributed by atoms with Gasteiger partial charge in [0, 0.05) is 12.6 Å². The highest BCUT2D eigenvalue weighted by Crippen LogP contribution is 2.27. The third-order valence-corrected chi connectivity index (χ3v) is 2.14. The van der Waals surface area contributed by atoms with Crippen LogP contribution in [0.15, 0.2) is 18.2 Å². The molecule has 0 radical (unpaired) electrons. The fraction of sp³-hybridized carbons (Fsp3) is 0.364. The molecule has 0 aromatic heterocycles. The van der Waals surface area contributed by atoms with Crippen LogP contribution in [0.4, 0.5) is 5.69 Å². The number of likely N-dealkylation sites (N-methyl/N-ethyl adjacent to an activating group) is 1. The minimum atomic E-state index is -0.619. The molecule has 0 aliphatic carbocycles. The molecule has 0 atom stereocenters. The number of aliphatic hydroxyl groups is 1. The van der Waals surface area contributed by atoms with E-state index in [1.807, 2.05) is 0 Å². The maximum absolute atomic E-state index is 11.2. The van der Waals surface area contributed by atoms with Gasteiger partial charge in [0.05, 0.1) is 11.5 Å². The van der Waals surface area contributed by atoms with Gasteiger partial charge in [-0.15, -0.1) is 0 Å². The van der Waals surface area contributed by atoms with Gasteiger partial charge in [0.15, 0.2) is 12.4 Å². The van der Waals surface area contributed by atoms with E-state index >= 15 is 0 Å². The lowest BCUT2D eigenvalue weighted by Crippen LogP contribution is -2.28. The number of nitrogens with one attached hydrogen (secondary N) is 1. The molecule has 1 rings (SSSR count). The maximum Gasteiger partial charge on any atom is 0.311 e. The quantitative estimate of drug-likeness (QED) is 0.571. The average Bonchev–Trinajstić information content (AvgIpc) is 2.36. The van der Waals surface area contributed by atoms with E-state index in [2.05, 4.69) is 5.32 Å². The Labute approximate surface area is 104 Å². The highest BCUT2D eigenvalue weighted by Gasteiger charge is 2.16. The minimum Gasteiger partial charge on any atom is -0.477 e. The first-order valence-corrected chi connectivity index (χ1v) is 5.36. The Morgan fingerprint density at radius 3 is 2.83 bits per heavy atom. The van der Waals surface area contributed by atoms with E-state index in [0.717, 1.165) is 0 Å². The molecule has 1 aromatic rings. The number of nitrogens with zero attached hydrogens (tertiary/aromatic N) is 1. The Morgan fingerprint density at radius 2 is 2.28 bits per heavy atom. The zero-order chi connectivity index (χ0) is 13.5. The number of benzene rings is 1. The predicted octanol–water partition coefficient (Wildman–Crippen LogP) is 0.602. The van der Waals surface area contributed by atoms with Gasteiger partial charge < -0.3 is 15.2 Å². The lowest BCUT2D eigenvalue weighted by atomic mass is 10.2. The van der Waals surface area contributed by atoms with Crippen molar-refractivity contribution in [3.63, 3.8) is 0 Å². The molecule has 0 aliphatic rings. The molecule has 0 bridgehead atoms. The van der Waals surface area contributed by atoms with E-state index < -0.39 is 4.92 Å². The first kappa shape index (κ1) is 13.9. The molecule has 0 heterocycles. The van der Waals surface area contributed by atoms with Gasteiger partial charge in [-0.05, 0) is 18.6 Å². The van der Waals surface area contributed by atoms with Crippen molar-refractivity contribution in [3.8, 4) is 5.75 Å². The van der Waals surface area contributed by atoms with Crippen LogP contribution >= 0.6 is 0 Å². The predicted molar refractivity (Wildman–Crippen MR) is 63.2 cm³/mol. The van der Waals surface area contributed by atoms with Crippen molar-refractivity contribution in [2.24, 2.45) is 0 Å². The summed E-state index contributed by atoms with van der Waals surface area (Å²) < 4.78 is 5.08. The molecule has 0 aliphatic heterocycles. The summed E-state index contributed by atoms with van der Waals surface area (Å²) in [5, 5.41) is 22.2. The van der Waals surface area contributed by atoms with Crippen molar-refractivity contribution in [1.82, 2.24) is 5.32 Å². The number of nitro benzene ring substituents is 1. The Bertz CT molecular complexity index is 447. The Morgan fingerprint density at radius 1 is 1.56 bits per heavy atom. The molecule has 7 nitrogen and oxygen atoms in total. The van der Waals surface area contributed by atoms with Gasteiger partial charge in [0.2, 0.25) is 0 Å². The highest BCUT2D eigenvalue weighted by atomic mass is 16.6. The summed E-state index contributed by atoms with van der Waals surface area (Å²) in [4.78, 5) is 21.4. The summed E-state index contributed by atoms with van der Waals surface area (Å²) in [5.74, 6) is -0.346. The van der Waals surface area contributed by atoms with Gasteiger partial charge >= 0.3 is 5.69 Å². The fourth-order valence-electron chi connectivity index (χ4n) is 1.32. The standard InChI is InChI=1S/C11H14N2O5/c1-2-12-11(15)7-18-10-4-3-8(6-14)5-9(10)13(16)17/h3-5,14H,2,6-7H2,1H3,(H,12,15). The van der Waals surface area contributed by atoms with Gasteiger partial charge in [0.1, 0.15) is 0 Å². The van der Waals surface area contributed by atoms with Gasteiger partial charge in [-0.3, -0.25) is 14.9 Å². The van der Waals surface area contributed by atoms with Crippen molar-refractivity contribution in [1.29, 1.82) is 0 Å². The minimum absolute atomic E-state index is 0.00320. The molecule has 2 N–H and O–H groups in total. The van der Waals surface area contributed by atoms with E-state index in [1.54, 1.807) is 6.92 Å². The van der Waals surface area contributed by atoms with Crippen molar-refractivity contribution < 1.29 is 19.6 Å². The van der Waals surface area contributed by atoms with Crippen LogP contribution in [0.3, 0.4) is 0 Å². The molecule has 0 saturated carbocycles. The largest absolute Gasteiger partial charge is 0.477 e. The summed E-state index contributed by atoms with van der Waals surface area (Å²) in [6.07, 6.45) is 0. The van der Waals surface area contributed by atoms with E-state index in [4.69, 9.17) is 9.84 Å². The third kappa shape index (κ3) is 3.70. The SMILES string of the molecule is CCNC(=O)COc1ccc(CO)cc1[N+](=O)[O-]. The monoisotopic (exact) mass is 254 g/mol. The average molecular weight is 254 g/mol. The smallest absolute Gasteiger partial charge is 0.311 e. The molecule has 0 fully saturated rings. The summed E-state index contributed by atoms with van der Waals surface area (Å²) in [6, 6.07) is 4.08. The van der Waals surface area contributed by atoms with Crippen LogP contribution in [-0.2, 0) is 11.4 Å². The molecular formula is C11H14N2O5. The number of amides is 1. The molecule has 0 spiro atoms. The van der Waals surface area contributed by atoms with Crippen molar-refractivity contribution >= 4 is 11.6 Å². The second-order valence-electron chi connectivity index (χ2n) is 3.46. The first-order chi connectivity index (χ1) is 8.58. The number of rotatable bonds is 6. The molecule has 0 unspecified atom stereocenters. The molecule has 0 saturated heterocycles. The lowest BCUT2D eigenvalue weighted by molar-refractivity contribution is -0.385. The Hall–Kier alpha value is -2.15. The second-order valence-corrected chi connectivity index (χ2v) is 3.46. The van der Waals surface area contributed by atoms with Crippen LogP contribution in [0.1, 0.15) is 12.5 Å². The number of carbonyl (C=O) groups is 1. The lowest BCUT2D eigenvalue weighted by Gasteiger charge is -2.07. The summed E-state index contributed by atoms with van der Waals surface area (Å²) >= 11 is 0. The number of ether oxygens (including phenoxy) is 1. The summed E-state index contributed by atoms with van der Waals surface area (Å²) in [7, 11) is 0. The van der Waals surface area contributed by atoms with Crippen LogP contribution in [0.2, 0.25) is 0 Å². The van der Waals surface area contributed by atoms with E-state index in [0.29, 0.717) is 12.1 Å². The Balaban J connectivity index is 2.81.